The summed E-state index contributed by atoms with van der Waals surface area (Å²) in [5.74, 6) is 0.590. The number of unbranched alkanes of at least 4 members (excludes halogenated alkanes) is 1. The molecule has 148 valence electrons. The molecule has 2 rings (SSSR count). The molecule has 0 radical (unpaired) electrons. The predicted molar refractivity (Wildman–Crippen MR) is 108 cm³/mol. The quantitative estimate of drug-likeness (QED) is 0.375. The fourth-order valence-corrected chi connectivity index (χ4v) is 2.29. The molecular formula is C21H25N3O4. The van der Waals surface area contributed by atoms with Crippen LogP contribution in [-0.4, -0.2) is 38.3 Å². The van der Waals surface area contributed by atoms with E-state index in [1.165, 1.54) is 6.21 Å². The van der Waals surface area contributed by atoms with E-state index in [0.29, 0.717) is 23.7 Å². The molecule has 28 heavy (non-hydrogen) atoms. The minimum atomic E-state index is -0.431. The molecule has 0 saturated heterocycles. The van der Waals surface area contributed by atoms with Gasteiger partial charge in [-0.3, -0.25) is 9.59 Å². The number of rotatable bonds is 10. The summed E-state index contributed by atoms with van der Waals surface area (Å²) in [6.07, 6.45) is 3.53. The Kier molecular flexibility index (Phi) is 8.52. The van der Waals surface area contributed by atoms with Crippen LogP contribution in [0.2, 0.25) is 0 Å². The summed E-state index contributed by atoms with van der Waals surface area (Å²) in [5.41, 5.74) is 3.55. The van der Waals surface area contributed by atoms with Gasteiger partial charge in [0.15, 0.2) is 0 Å². The number of carbonyl (C=O) groups excluding carboxylic acids is 2. The average Bonchev–Trinajstić information content (AvgIpc) is 2.73. The normalized spacial score (nSPS) is 10.5. The third-order valence-electron chi connectivity index (χ3n) is 3.82. The number of benzene rings is 2. The molecule has 0 spiro atoms. The lowest BCUT2D eigenvalue weighted by atomic mass is 10.2. The molecule has 2 aromatic rings. The number of nitrogens with one attached hydrogen (secondary N) is 2. The van der Waals surface area contributed by atoms with E-state index in [4.69, 9.17) is 9.47 Å². The van der Waals surface area contributed by atoms with Gasteiger partial charge in [0.05, 0.1) is 26.5 Å². The summed E-state index contributed by atoms with van der Waals surface area (Å²) >= 11 is 0. The van der Waals surface area contributed by atoms with Crippen molar-refractivity contribution in [3.63, 3.8) is 0 Å². The molecule has 7 heteroatoms. The molecule has 2 N–H and O–H groups in total. The summed E-state index contributed by atoms with van der Waals surface area (Å²) < 4.78 is 10.8. The number of para-hydroxylation sites is 1. The van der Waals surface area contributed by atoms with Crippen LogP contribution in [0.5, 0.6) is 11.5 Å². The van der Waals surface area contributed by atoms with E-state index in [1.54, 1.807) is 37.4 Å². The van der Waals surface area contributed by atoms with Gasteiger partial charge in [0.2, 0.25) is 0 Å². The Morgan fingerprint density at radius 2 is 1.86 bits per heavy atom. The van der Waals surface area contributed by atoms with E-state index in [0.717, 1.165) is 18.4 Å². The fourth-order valence-electron chi connectivity index (χ4n) is 2.29. The van der Waals surface area contributed by atoms with Crippen molar-refractivity contribution in [2.45, 2.75) is 19.8 Å². The van der Waals surface area contributed by atoms with Gasteiger partial charge in [0, 0.05) is 11.1 Å². The lowest BCUT2D eigenvalue weighted by Gasteiger charge is -2.07. The lowest BCUT2D eigenvalue weighted by molar-refractivity contribution is -0.120. The molecular weight excluding hydrogens is 358 g/mol. The van der Waals surface area contributed by atoms with Crippen LogP contribution >= 0.6 is 0 Å². The SMILES string of the molecule is CCCCOc1ccc(C(=O)NCC(=O)N/N=C/c2ccccc2OC)cc1. The Morgan fingerprint density at radius 3 is 2.57 bits per heavy atom. The molecule has 0 atom stereocenters. The first-order chi connectivity index (χ1) is 13.6. The average molecular weight is 383 g/mol. The van der Waals surface area contributed by atoms with E-state index >= 15 is 0 Å². The standard InChI is InChI=1S/C21H25N3O4/c1-3-4-13-28-18-11-9-16(10-12-18)21(26)22-15-20(25)24-23-14-17-7-5-6-8-19(17)27-2/h5-12,14H,3-4,13,15H2,1-2H3,(H,22,26)(H,24,25)/b23-14+. The lowest BCUT2D eigenvalue weighted by Crippen LogP contribution is -2.34. The van der Waals surface area contributed by atoms with Gasteiger partial charge in [-0.1, -0.05) is 25.5 Å². The molecule has 0 saturated carbocycles. The molecule has 2 amide bonds. The minimum Gasteiger partial charge on any atom is -0.496 e. The highest BCUT2D eigenvalue weighted by molar-refractivity contribution is 5.96. The monoisotopic (exact) mass is 383 g/mol. The zero-order valence-corrected chi connectivity index (χ0v) is 16.1. The Balaban J connectivity index is 1.77. The smallest absolute Gasteiger partial charge is 0.259 e. The van der Waals surface area contributed by atoms with Gasteiger partial charge < -0.3 is 14.8 Å². The molecule has 0 aliphatic rings. The number of hydrogen-bond donors (Lipinski definition) is 2. The van der Waals surface area contributed by atoms with Crippen molar-refractivity contribution in [3.05, 3.63) is 59.7 Å². The van der Waals surface area contributed by atoms with Crippen LogP contribution in [0, 0.1) is 0 Å². The largest absolute Gasteiger partial charge is 0.496 e. The van der Waals surface area contributed by atoms with Crippen molar-refractivity contribution in [3.8, 4) is 11.5 Å². The number of methoxy groups -OCH3 is 1. The van der Waals surface area contributed by atoms with Crippen molar-refractivity contribution in [1.29, 1.82) is 0 Å². The van der Waals surface area contributed by atoms with Crippen LogP contribution in [0.1, 0.15) is 35.7 Å². The van der Waals surface area contributed by atoms with Gasteiger partial charge >= 0.3 is 0 Å². The van der Waals surface area contributed by atoms with Crippen LogP contribution < -0.4 is 20.2 Å². The van der Waals surface area contributed by atoms with Crippen molar-refractivity contribution >= 4 is 18.0 Å². The summed E-state index contributed by atoms with van der Waals surface area (Å²) in [6, 6.07) is 14.1. The van der Waals surface area contributed by atoms with Crippen LogP contribution in [0.4, 0.5) is 0 Å². The van der Waals surface area contributed by atoms with Crippen LogP contribution in [0.3, 0.4) is 0 Å². The fraction of sp³-hybridized carbons (Fsp3) is 0.286. The summed E-state index contributed by atoms with van der Waals surface area (Å²) in [4.78, 5) is 23.9. The van der Waals surface area contributed by atoms with E-state index in [-0.39, 0.29) is 12.5 Å². The third kappa shape index (κ3) is 6.75. The molecule has 0 aliphatic heterocycles. The summed E-state index contributed by atoms with van der Waals surface area (Å²) in [7, 11) is 1.56. The zero-order valence-electron chi connectivity index (χ0n) is 16.1. The van der Waals surface area contributed by atoms with Crippen molar-refractivity contribution < 1.29 is 19.1 Å². The Morgan fingerprint density at radius 1 is 1.11 bits per heavy atom. The molecule has 0 bridgehead atoms. The second-order valence-corrected chi connectivity index (χ2v) is 5.94. The molecule has 0 unspecified atom stereocenters. The minimum absolute atomic E-state index is 0.184. The first kappa shape index (κ1) is 21.0. The van der Waals surface area contributed by atoms with Crippen LogP contribution in [0.15, 0.2) is 53.6 Å². The van der Waals surface area contributed by atoms with Crippen LogP contribution in [-0.2, 0) is 4.79 Å². The number of nitrogens with zero attached hydrogens (tertiary/aromatic N) is 1. The highest BCUT2D eigenvalue weighted by Gasteiger charge is 2.08. The maximum absolute atomic E-state index is 12.1. The van der Waals surface area contributed by atoms with Gasteiger partial charge in [0.25, 0.3) is 11.8 Å². The molecule has 2 aromatic carbocycles. The van der Waals surface area contributed by atoms with Gasteiger partial charge in [0.1, 0.15) is 11.5 Å². The van der Waals surface area contributed by atoms with Gasteiger partial charge in [-0.2, -0.15) is 5.10 Å². The van der Waals surface area contributed by atoms with E-state index in [9.17, 15) is 9.59 Å². The first-order valence-corrected chi connectivity index (χ1v) is 9.10. The Bertz CT molecular complexity index is 804. The van der Waals surface area contributed by atoms with Gasteiger partial charge in [-0.25, -0.2) is 5.43 Å². The second kappa shape index (κ2) is 11.4. The number of ether oxygens (including phenoxy) is 2. The maximum atomic E-state index is 12.1. The maximum Gasteiger partial charge on any atom is 0.259 e. The van der Waals surface area contributed by atoms with Crippen LogP contribution in [0.25, 0.3) is 0 Å². The number of hydrogen-bond acceptors (Lipinski definition) is 5. The Hall–Kier alpha value is -3.35. The highest BCUT2D eigenvalue weighted by atomic mass is 16.5. The first-order valence-electron chi connectivity index (χ1n) is 9.10. The number of hydrazone groups is 1. The molecule has 0 fully saturated rings. The second-order valence-electron chi connectivity index (χ2n) is 5.94. The Labute approximate surface area is 164 Å². The summed E-state index contributed by atoms with van der Waals surface area (Å²) in [5, 5.41) is 6.43. The predicted octanol–water partition coefficient (Wildman–Crippen LogP) is 2.75. The van der Waals surface area contributed by atoms with Crippen molar-refractivity contribution in [1.82, 2.24) is 10.7 Å². The van der Waals surface area contributed by atoms with Crippen molar-refractivity contribution in [2.75, 3.05) is 20.3 Å². The number of carbonyl (C=O) groups is 2. The van der Waals surface area contributed by atoms with E-state index in [2.05, 4.69) is 22.8 Å². The van der Waals surface area contributed by atoms with E-state index in [1.807, 2.05) is 18.2 Å². The van der Waals surface area contributed by atoms with E-state index < -0.39 is 5.91 Å². The van der Waals surface area contributed by atoms with Gasteiger partial charge in [-0.05, 0) is 42.8 Å². The van der Waals surface area contributed by atoms with Crippen molar-refractivity contribution in [2.24, 2.45) is 5.10 Å². The topological polar surface area (TPSA) is 89.0 Å². The molecule has 7 nitrogen and oxygen atoms in total. The molecule has 0 aliphatic carbocycles. The molecule has 0 heterocycles. The highest BCUT2D eigenvalue weighted by Crippen LogP contribution is 2.14. The third-order valence-corrected chi connectivity index (χ3v) is 3.82. The number of amides is 2. The van der Waals surface area contributed by atoms with Gasteiger partial charge in [-0.15, -0.1) is 0 Å². The summed E-state index contributed by atoms with van der Waals surface area (Å²) in [6.45, 7) is 2.56. The zero-order chi connectivity index (χ0) is 20.2. The molecule has 0 aromatic heterocycles.